The van der Waals surface area contributed by atoms with Gasteiger partial charge >= 0.3 is 0 Å². The Morgan fingerprint density at radius 3 is 2.51 bits per heavy atom. The Kier molecular flexibility index (Phi) is 11.1. The highest BCUT2D eigenvalue weighted by molar-refractivity contribution is 9.10. The molecule has 0 unspecified atom stereocenters. The lowest BCUT2D eigenvalue weighted by atomic mass is 9.82. The Balaban J connectivity index is 1.49. The van der Waals surface area contributed by atoms with Crippen LogP contribution in [0.25, 0.3) is 0 Å². The first-order valence-corrected chi connectivity index (χ1v) is 15.9. The zero-order chi connectivity index (χ0) is 31.8. The average Bonchev–Trinajstić information content (AvgIpc) is 3.41. The maximum absolute atomic E-state index is 14.3. The molecule has 0 saturated heterocycles. The third-order valence-corrected chi connectivity index (χ3v) is 8.38. The molecule has 1 amide bonds. The normalized spacial score (nSPS) is 17.4. The maximum atomic E-state index is 14.3. The first kappa shape index (κ1) is 32.9. The summed E-state index contributed by atoms with van der Waals surface area (Å²) in [4.78, 5) is 19.3. The molecule has 4 aromatic rings. The van der Waals surface area contributed by atoms with E-state index < -0.39 is 17.6 Å². The van der Waals surface area contributed by atoms with Crippen molar-refractivity contribution in [2.45, 2.75) is 30.9 Å². The van der Waals surface area contributed by atoms with Gasteiger partial charge in [0.2, 0.25) is 5.90 Å². The van der Waals surface area contributed by atoms with E-state index in [1.807, 2.05) is 30.3 Å². The van der Waals surface area contributed by atoms with Crippen LogP contribution in [0.15, 0.2) is 100 Å². The van der Waals surface area contributed by atoms with Crippen LogP contribution in [0.3, 0.4) is 0 Å². The van der Waals surface area contributed by atoms with E-state index in [4.69, 9.17) is 42.8 Å². The van der Waals surface area contributed by atoms with E-state index in [0.29, 0.717) is 52.9 Å². The monoisotopic (exact) mass is 713 g/mol. The third-order valence-electron chi connectivity index (χ3n) is 7.29. The number of benzene rings is 4. The quantitative estimate of drug-likeness (QED) is 0.102. The standard InChI is InChI=1S/C34H31BrCl2FN3O4/c35-25-9-5-23(6-10-25)21-34(33(43)41-39-16-15-22-3-1-4-27(38)19-22)31(29-14-11-26(36)20-30(29)37)45-32(40-34)24-7-12-28(13-8-24)44-18-2-17-42/h1,3-14,19-20,31,39,42H,2,15-18,21H2,(H,41,43)/t31-,34-/m0/s1. The number of halogens is 4. The number of aliphatic imine (C=N–C) groups is 1. The maximum Gasteiger partial charge on any atom is 0.266 e. The third kappa shape index (κ3) is 8.23. The van der Waals surface area contributed by atoms with Crippen LogP contribution in [0, 0.1) is 5.82 Å². The number of hydrazine groups is 1. The van der Waals surface area contributed by atoms with Crippen molar-refractivity contribution in [2.24, 2.45) is 4.99 Å². The van der Waals surface area contributed by atoms with Gasteiger partial charge in [0.05, 0.1) is 6.61 Å². The Bertz CT molecular complexity index is 1660. The topological polar surface area (TPSA) is 92.2 Å². The number of aliphatic hydroxyl groups is 1. The fraction of sp³-hybridized carbons (Fsp3) is 0.235. The Morgan fingerprint density at radius 2 is 1.80 bits per heavy atom. The molecule has 0 saturated carbocycles. The second-order valence-corrected chi connectivity index (χ2v) is 12.3. The summed E-state index contributed by atoms with van der Waals surface area (Å²) >= 11 is 16.4. The molecule has 0 bridgehead atoms. The van der Waals surface area contributed by atoms with Crippen molar-refractivity contribution in [1.29, 1.82) is 0 Å². The molecule has 1 heterocycles. The van der Waals surface area contributed by atoms with Crippen LogP contribution in [0.4, 0.5) is 4.39 Å². The van der Waals surface area contributed by atoms with Gasteiger partial charge in [0, 0.05) is 51.6 Å². The van der Waals surface area contributed by atoms with E-state index in [0.717, 1.165) is 15.6 Å². The number of nitrogens with one attached hydrogen (secondary N) is 2. The SMILES string of the molecule is O=C(NNCCc1cccc(F)c1)[C@@]1(Cc2ccc(Br)cc2)N=C(c2ccc(OCCCO)cc2)O[C@H]1c1ccc(Cl)cc1Cl. The first-order chi connectivity index (χ1) is 21.8. The van der Waals surface area contributed by atoms with Gasteiger partial charge in [0.1, 0.15) is 11.6 Å². The predicted octanol–water partition coefficient (Wildman–Crippen LogP) is 7.02. The minimum Gasteiger partial charge on any atom is -0.494 e. The van der Waals surface area contributed by atoms with Crippen LogP contribution in [0.2, 0.25) is 10.0 Å². The van der Waals surface area contributed by atoms with Crippen molar-refractivity contribution in [3.05, 3.63) is 134 Å². The molecule has 0 spiro atoms. The molecule has 4 aromatic carbocycles. The van der Waals surface area contributed by atoms with Gasteiger partial charge in [-0.05, 0) is 78.2 Å². The van der Waals surface area contributed by atoms with Gasteiger partial charge in [-0.2, -0.15) is 0 Å². The number of aliphatic hydroxyl groups excluding tert-OH is 1. The molecule has 11 heteroatoms. The molecule has 0 aromatic heterocycles. The van der Waals surface area contributed by atoms with E-state index in [9.17, 15) is 9.18 Å². The molecule has 2 atom stereocenters. The second kappa shape index (κ2) is 15.2. The van der Waals surface area contributed by atoms with Crippen LogP contribution in [-0.2, 0) is 22.4 Å². The Morgan fingerprint density at radius 1 is 1.02 bits per heavy atom. The highest BCUT2D eigenvalue weighted by Crippen LogP contribution is 2.45. The molecule has 1 aliphatic rings. The fourth-order valence-corrected chi connectivity index (χ4v) is 5.81. The van der Waals surface area contributed by atoms with Crippen molar-refractivity contribution in [3.8, 4) is 5.75 Å². The summed E-state index contributed by atoms with van der Waals surface area (Å²) in [7, 11) is 0. The van der Waals surface area contributed by atoms with Gasteiger partial charge in [0.25, 0.3) is 5.91 Å². The molecule has 0 radical (unpaired) electrons. The number of nitrogens with zero attached hydrogens (tertiary/aromatic N) is 1. The first-order valence-electron chi connectivity index (χ1n) is 14.3. The summed E-state index contributed by atoms with van der Waals surface area (Å²) in [6.07, 6.45) is 0.284. The highest BCUT2D eigenvalue weighted by Gasteiger charge is 2.54. The van der Waals surface area contributed by atoms with E-state index in [1.165, 1.54) is 12.1 Å². The number of carbonyl (C=O) groups excluding carboxylic acids is 1. The molecule has 3 N–H and O–H groups in total. The van der Waals surface area contributed by atoms with Crippen molar-refractivity contribution in [1.82, 2.24) is 10.9 Å². The van der Waals surface area contributed by atoms with Gasteiger partial charge in [-0.3, -0.25) is 10.2 Å². The summed E-state index contributed by atoms with van der Waals surface area (Å²) < 4.78 is 26.8. The number of rotatable bonds is 13. The molecular weight excluding hydrogens is 684 g/mol. The van der Waals surface area contributed by atoms with E-state index in [1.54, 1.807) is 48.5 Å². The summed E-state index contributed by atoms with van der Waals surface area (Å²) in [5.74, 6) is 0.145. The molecule has 45 heavy (non-hydrogen) atoms. The van der Waals surface area contributed by atoms with Crippen LogP contribution < -0.4 is 15.6 Å². The Labute approximate surface area is 279 Å². The number of carbonyl (C=O) groups is 1. The summed E-state index contributed by atoms with van der Waals surface area (Å²) in [6, 6.07) is 26.2. The average molecular weight is 715 g/mol. The minimum atomic E-state index is -1.48. The summed E-state index contributed by atoms with van der Waals surface area (Å²) in [5.41, 5.74) is 7.18. The largest absolute Gasteiger partial charge is 0.494 e. The summed E-state index contributed by atoms with van der Waals surface area (Å²) in [6.45, 7) is 0.776. The van der Waals surface area contributed by atoms with Crippen LogP contribution in [-0.4, -0.2) is 42.2 Å². The molecule has 234 valence electrons. The van der Waals surface area contributed by atoms with Crippen LogP contribution in [0.1, 0.15) is 34.8 Å². The van der Waals surface area contributed by atoms with E-state index in [-0.39, 0.29) is 24.7 Å². The lowest BCUT2D eigenvalue weighted by molar-refractivity contribution is -0.130. The lowest BCUT2D eigenvalue weighted by Crippen LogP contribution is -2.54. The second-order valence-electron chi connectivity index (χ2n) is 10.5. The van der Waals surface area contributed by atoms with Gasteiger partial charge in [-0.15, -0.1) is 0 Å². The fourth-order valence-electron chi connectivity index (χ4n) is 5.04. The molecule has 0 fully saturated rings. The summed E-state index contributed by atoms with van der Waals surface area (Å²) in [5, 5.41) is 9.83. The van der Waals surface area contributed by atoms with Crippen molar-refractivity contribution < 1.29 is 23.8 Å². The zero-order valence-corrected chi connectivity index (χ0v) is 27.2. The van der Waals surface area contributed by atoms with Crippen molar-refractivity contribution in [3.63, 3.8) is 0 Å². The molecule has 0 aliphatic carbocycles. The Hall–Kier alpha value is -3.47. The van der Waals surface area contributed by atoms with Crippen molar-refractivity contribution in [2.75, 3.05) is 19.8 Å². The molecule has 1 aliphatic heterocycles. The predicted molar refractivity (Wildman–Crippen MR) is 177 cm³/mol. The molecule has 7 nitrogen and oxygen atoms in total. The highest BCUT2D eigenvalue weighted by atomic mass is 79.9. The zero-order valence-electron chi connectivity index (χ0n) is 24.1. The van der Waals surface area contributed by atoms with Gasteiger partial charge in [0.15, 0.2) is 11.6 Å². The van der Waals surface area contributed by atoms with E-state index in [2.05, 4.69) is 26.8 Å². The molecular formula is C34H31BrCl2FN3O4. The number of ether oxygens (including phenoxy) is 2. The van der Waals surface area contributed by atoms with E-state index >= 15 is 0 Å². The lowest BCUT2D eigenvalue weighted by Gasteiger charge is -2.31. The number of amides is 1. The molecule has 5 rings (SSSR count). The van der Waals surface area contributed by atoms with Gasteiger partial charge < -0.3 is 14.6 Å². The van der Waals surface area contributed by atoms with Crippen LogP contribution >= 0.6 is 39.1 Å². The number of hydrogen-bond donors (Lipinski definition) is 3. The smallest absolute Gasteiger partial charge is 0.266 e. The van der Waals surface area contributed by atoms with Gasteiger partial charge in [-0.25, -0.2) is 14.8 Å². The minimum absolute atomic E-state index is 0.0412. The van der Waals surface area contributed by atoms with Crippen molar-refractivity contribution >= 4 is 50.9 Å². The number of hydrogen-bond acceptors (Lipinski definition) is 6. The van der Waals surface area contributed by atoms with Crippen LogP contribution in [0.5, 0.6) is 5.75 Å². The van der Waals surface area contributed by atoms with Gasteiger partial charge in [-0.1, -0.05) is 69.5 Å².